The molecule has 0 amide bonds. The lowest BCUT2D eigenvalue weighted by molar-refractivity contribution is -0.139. The number of allylic oxidation sites excluding steroid dienone is 2. The average molecular weight is 407 g/mol. The van der Waals surface area contributed by atoms with Crippen molar-refractivity contribution in [2.24, 2.45) is 5.92 Å². The number of ether oxygens (including phenoxy) is 2. The van der Waals surface area contributed by atoms with Crippen LogP contribution in [0.4, 0.5) is 0 Å². The molecule has 0 spiro atoms. The van der Waals surface area contributed by atoms with Crippen LogP contribution in [-0.4, -0.2) is 52.5 Å². The third-order valence-corrected chi connectivity index (χ3v) is 6.58. The van der Waals surface area contributed by atoms with Crippen LogP contribution < -0.4 is 0 Å². The summed E-state index contributed by atoms with van der Waals surface area (Å²) in [6, 6.07) is 6.62. The van der Waals surface area contributed by atoms with E-state index in [-0.39, 0.29) is 29.0 Å². The van der Waals surface area contributed by atoms with Crippen molar-refractivity contribution in [3.8, 4) is 0 Å². The van der Waals surface area contributed by atoms with Crippen molar-refractivity contribution in [3.63, 3.8) is 0 Å². The average Bonchev–Trinajstić information content (AvgIpc) is 2.70. The molecule has 0 aromatic heterocycles. The van der Waals surface area contributed by atoms with Gasteiger partial charge < -0.3 is 9.47 Å². The fourth-order valence-electron chi connectivity index (χ4n) is 3.05. The smallest absolute Gasteiger partial charge is 0.334 e. The fraction of sp³-hybridized carbons (Fsp3) is 0.400. The van der Waals surface area contributed by atoms with Crippen molar-refractivity contribution >= 4 is 22.0 Å². The summed E-state index contributed by atoms with van der Waals surface area (Å²) in [5, 5.41) is 0. The van der Waals surface area contributed by atoms with E-state index in [1.807, 2.05) is 6.92 Å². The SMILES string of the molecule is COC(=O)C1=C(C(=O)OC)C(CCN(C)S(=O)(=O)c2ccc(C)cc2)C=CC1. The standard InChI is InChI=1S/C20H25NO6S/c1-14-8-10-16(11-9-14)28(24,25)21(2)13-12-15-6-5-7-17(19(22)26-3)18(15)20(23)27-4/h5-6,8-11,15H,7,12-13H2,1-4H3. The van der Waals surface area contributed by atoms with Gasteiger partial charge >= 0.3 is 11.9 Å². The molecule has 0 bridgehead atoms. The summed E-state index contributed by atoms with van der Waals surface area (Å²) in [4.78, 5) is 24.5. The Balaban J connectivity index is 2.21. The van der Waals surface area contributed by atoms with Crippen LogP contribution in [0.25, 0.3) is 0 Å². The Kier molecular flexibility index (Phi) is 7.15. The van der Waals surface area contributed by atoms with Crippen LogP contribution in [0.3, 0.4) is 0 Å². The second-order valence-corrected chi connectivity index (χ2v) is 8.59. The summed E-state index contributed by atoms with van der Waals surface area (Å²) in [5.74, 6) is -1.64. The summed E-state index contributed by atoms with van der Waals surface area (Å²) in [6.07, 6.45) is 4.16. The van der Waals surface area contributed by atoms with Gasteiger partial charge in [0.05, 0.1) is 30.3 Å². The Morgan fingerprint density at radius 2 is 1.71 bits per heavy atom. The van der Waals surface area contributed by atoms with Gasteiger partial charge in [0.1, 0.15) is 0 Å². The van der Waals surface area contributed by atoms with Gasteiger partial charge in [0.15, 0.2) is 0 Å². The van der Waals surface area contributed by atoms with Crippen LogP contribution in [-0.2, 0) is 29.1 Å². The first-order valence-corrected chi connectivity index (χ1v) is 10.3. The monoisotopic (exact) mass is 407 g/mol. The third-order valence-electron chi connectivity index (χ3n) is 4.71. The number of carbonyl (C=O) groups excluding carboxylic acids is 2. The quantitative estimate of drug-likeness (QED) is 0.509. The predicted molar refractivity (Wildman–Crippen MR) is 104 cm³/mol. The summed E-state index contributed by atoms with van der Waals surface area (Å²) < 4.78 is 36.3. The highest BCUT2D eigenvalue weighted by Crippen LogP contribution is 2.30. The Hall–Kier alpha value is -2.45. The molecule has 0 radical (unpaired) electrons. The van der Waals surface area contributed by atoms with Gasteiger partial charge in [-0.2, -0.15) is 0 Å². The number of rotatable bonds is 7. The Morgan fingerprint density at radius 1 is 1.11 bits per heavy atom. The lowest BCUT2D eigenvalue weighted by Gasteiger charge is -2.24. The second-order valence-electron chi connectivity index (χ2n) is 6.54. The highest BCUT2D eigenvalue weighted by molar-refractivity contribution is 7.89. The molecule has 0 saturated heterocycles. The first kappa shape index (κ1) is 21.8. The van der Waals surface area contributed by atoms with Crippen molar-refractivity contribution in [2.75, 3.05) is 27.8 Å². The zero-order valence-corrected chi connectivity index (χ0v) is 17.3. The number of nitrogens with zero attached hydrogens (tertiary/aromatic N) is 1. The van der Waals surface area contributed by atoms with E-state index >= 15 is 0 Å². The minimum absolute atomic E-state index is 0.167. The molecule has 1 atom stereocenters. The largest absolute Gasteiger partial charge is 0.466 e. The van der Waals surface area contributed by atoms with Gasteiger partial charge in [-0.3, -0.25) is 0 Å². The molecule has 0 aliphatic heterocycles. The first-order valence-electron chi connectivity index (χ1n) is 8.81. The zero-order valence-electron chi connectivity index (χ0n) is 16.5. The molecule has 8 heteroatoms. The number of hydrogen-bond acceptors (Lipinski definition) is 6. The van der Waals surface area contributed by atoms with Gasteiger partial charge in [0, 0.05) is 19.5 Å². The van der Waals surface area contributed by atoms with Crippen molar-refractivity contribution in [2.45, 2.75) is 24.7 Å². The van der Waals surface area contributed by atoms with Gasteiger partial charge in [0.2, 0.25) is 10.0 Å². The van der Waals surface area contributed by atoms with Crippen LogP contribution >= 0.6 is 0 Å². The van der Waals surface area contributed by atoms with E-state index < -0.39 is 27.9 Å². The topological polar surface area (TPSA) is 90.0 Å². The Labute approximate surface area is 165 Å². The number of esters is 2. The molecule has 1 unspecified atom stereocenters. The lowest BCUT2D eigenvalue weighted by Crippen LogP contribution is -2.30. The molecule has 0 heterocycles. The van der Waals surface area contributed by atoms with Gasteiger partial charge in [-0.05, 0) is 31.9 Å². The number of aryl methyl sites for hydroxylation is 1. The molecule has 7 nitrogen and oxygen atoms in total. The highest BCUT2D eigenvalue weighted by Gasteiger charge is 2.31. The summed E-state index contributed by atoms with van der Waals surface area (Å²) in [6.45, 7) is 2.05. The van der Waals surface area contributed by atoms with E-state index in [2.05, 4.69) is 0 Å². The van der Waals surface area contributed by atoms with Crippen LogP contribution in [0.5, 0.6) is 0 Å². The van der Waals surface area contributed by atoms with Gasteiger partial charge in [0.25, 0.3) is 0 Å². The van der Waals surface area contributed by atoms with E-state index in [1.54, 1.807) is 36.4 Å². The number of carbonyl (C=O) groups is 2. The van der Waals surface area contributed by atoms with Gasteiger partial charge in [-0.1, -0.05) is 29.8 Å². The van der Waals surface area contributed by atoms with Crippen molar-refractivity contribution in [1.82, 2.24) is 4.31 Å². The molecule has 1 aliphatic rings. The number of sulfonamides is 1. The number of hydrogen-bond donors (Lipinski definition) is 0. The minimum Gasteiger partial charge on any atom is -0.466 e. The van der Waals surface area contributed by atoms with E-state index in [0.29, 0.717) is 6.42 Å². The van der Waals surface area contributed by atoms with E-state index in [4.69, 9.17) is 9.47 Å². The minimum atomic E-state index is -3.65. The van der Waals surface area contributed by atoms with Crippen LogP contribution in [0.15, 0.2) is 52.5 Å². The molecule has 28 heavy (non-hydrogen) atoms. The molecule has 152 valence electrons. The highest BCUT2D eigenvalue weighted by atomic mass is 32.2. The van der Waals surface area contributed by atoms with Crippen molar-refractivity contribution in [1.29, 1.82) is 0 Å². The first-order chi connectivity index (χ1) is 13.2. The van der Waals surface area contributed by atoms with Crippen LogP contribution in [0.2, 0.25) is 0 Å². The molecule has 1 aliphatic carbocycles. The molecule has 0 fully saturated rings. The molecular formula is C20H25NO6S. The molecule has 2 rings (SSSR count). The van der Waals surface area contributed by atoms with E-state index in [9.17, 15) is 18.0 Å². The van der Waals surface area contributed by atoms with Gasteiger partial charge in [-0.15, -0.1) is 0 Å². The van der Waals surface area contributed by atoms with E-state index in [0.717, 1.165) is 5.56 Å². The molecule has 1 aromatic rings. The van der Waals surface area contributed by atoms with Gasteiger partial charge in [-0.25, -0.2) is 22.3 Å². The Bertz CT molecular complexity index is 899. The number of benzene rings is 1. The normalized spacial score (nSPS) is 17.0. The van der Waals surface area contributed by atoms with Crippen LogP contribution in [0, 0.1) is 12.8 Å². The summed E-state index contributed by atoms with van der Waals surface area (Å²) in [5.41, 5.74) is 1.43. The zero-order chi connectivity index (χ0) is 20.9. The van der Waals surface area contributed by atoms with Crippen LogP contribution in [0.1, 0.15) is 18.4 Å². The molecular weight excluding hydrogens is 382 g/mol. The third kappa shape index (κ3) is 4.69. The maximum Gasteiger partial charge on any atom is 0.334 e. The van der Waals surface area contributed by atoms with Crippen molar-refractivity contribution < 1.29 is 27.5 Å². The maximum atomic E-state index is 12.7. The lowest BCUT2D eigenvalue weighted by atomic mass is 9.85. The van der Waals surface area contributed by atoms with Crippen molar-refractivity contribution in [3.05, 3.63) is 53.1 Å². The summed E-state index contributed by atoms with van der Waals surface area (Å²) in [7, 11) is 0.335. The molecule has 1 aromatic carbocycles. The van der Waals surface area contributed by atoms with E-state index in [1.165, 1.54) is 25.6 Å². The number of methoxy groups -OCH3 is 2. The predicted octanol–water partition coefficient (Wildman–Crippen LogP) is 2.22. The fourth-order valence-corrected chi connectivity index (χ4v) is 4.24. The maximum absolute atomic E-state index is 12.7. The summed E-state index contributed by atoms with van der Waals surface area (Å²) >= 11 is 0. The second kappa shape index (κ2) is 9.16. The molecule has 0 saturated carbocycles. The Morgan fingerprint density at radius 3 is 2.29 bits per heavy atom. The molecule has 0 N–H and O–H groups in total.